The third-order valence-corrected chi connectivity index (χ3v) is 4.65. The molecule has 0 aliphatic carbocycles. The minimum atomic E-state index is -0.162. The zero-order valence-electron chi connectivity index (χ0n) is 14.9. The number of aliphatic imine (C=N–C) groups is 1. The molecule has 0 atom stereocenters. The minimum absolute atomic E-state index is 0. The summed E-state index contributed by atoms with van der Waals surface area (Å²) in [5, 5.41) is 9.64. The van der Waals surface area contributed by atoms with Crippen LogP contribution in [0.5, 0.6) is 0 Å². The van der Waals surface area contributed by atoms with Gasteiger partial charge in [0.05, 0.1) is 17.2 Å². The van der Waals surface area contributed by atoms with E-state index in [-0.39, 0.29) is 29.8 Å². The van der Waals surface area contributed by atoms with Crippen LogP contribution in [0, 0.1) is 5.82 Å². The Bertz CT molecular complexity index is 673. The molecule has 0 saturated carbocycles. The zero-order chi connectivity index (χ0) is 17.4. The molecule has 0 amide bonds. The van der Waals surface area contributed by atoms with Gasteiger partial charge < -0.3 is 10.6 Å². The predicted molar refractivity (Wildman–Crippen MR) is 115 cm³/mol. The summed E-state index contributed by atoms with van der Waals surface area (Å²) < 4.78 is 13.6. The smallest absolute Gasteiger partial charge is 0.191 e. The van der Waals surface area contributed by atoms with Crippen LogP contribution in [0.2, 0.25) is 0 Å². The molecule has 0 spiro atoms. The van der Waals surface area contributed by atoms with Crippen molar-refractivity contribution in [1.29, 1.82) is 0 Å². The molecule has 7 heteroatoms. The molecule has 0 aliphatic heterocycles. The van der Waals surface area contributed by atoms with Gasteiger partial charge in [-0.3, -0.25) is 0 Å². The Kier molecular flexibility index (Phi) is 9.96. The van der Waals surface area contributed by atoms with Crippen molar-refractivity contribution >= 4 is 41.3 Å². The van der Waals surface area contributed by atoms with Crippen LogP contribution in [0.1, 0.15) is 43.0 Å². The van der Waals surface area contributed by atoms with Gasteiger partial charge in [-0.25, -0.2) is 14.4 Å². The summed E-state index contributed by atoms with van der Waals surface area (Å²) in [6.07, 6.45) is 0.616. The zero-order valence-corrected chi connectivity index (χ0v) is 18.0. The number of halogens is 2. The molecule has 138 valence electrons. The summed E-state index contributed by atoms with van der Waals surface area (Å²) >= 11 is 1.68. The first-order valence-corrected chi connectivity index (χ1v) is 9.18. The number of rotatable bonds is 7. The second-order valence-corrected chi connectivity index (χ2v) is 6.68. The van der Waals surface area contributed by atoms with E-state index < -0.39 is 0 Å². The lowest BCUT2D eigenvalue weighted by atomic mass is 10.1. The molecular weight excluding hydrogens is 450 g/mol. The highest BCUT2D eigenvalue weighted by Gasteiger charge is 2.06. The standard InChI is InChI=1S/C18H25FN4S.HI/c1-4-20-18(21-10-9-14-7-5-6-8-16(14)19)22-11-15-12-24-17(23-15)13(2)3;/h5-8,12-13H,4,9-11H2,1-3H3,(H2,20,21,22);1H. The minimum Gasteiger partial charge on any atom is -0.357 e. The maximum absolute atomic E-state index is 13.6. The summed E-state index contributed by atoms with van der Waals surface area (Å²) in [7, 11) is 0. The van der Waals surface area contributed by atoms with E-state index in [2.05, 4.69) is 39.8 Å². The first-order chi connectivity index (χ1) is 11.6. The highest BCUT2D eigenvalue weighted by atomic mass is 127. The van der Waals surface area contributed by atoms with Crippen molar-refractivity contribution in [3.8, 4) is 0 Å². The van der Waals surface area contributed by atoms with E-state index in [4.69, 9.17) is 0 Å². The molecule has 0 aliphatic rings. The Morgan fingerprint density at radius 1 is 1.28 bits per heavy atom. The summed E-state index contributed by atoms with van der Waals surface area (Å²) in [6.45, 7) is 8.24. The first kappa shape index (κ1) is 21.8. The molecule has 1 aromatic heterocycles. The van der Waals surface area contributed by atoms with Gasteiger partial charge in [-0.2, -0.15) is 0 Å². The lowest BCUT2D eigenvalue weighted by Crippen LogP contribution is -2.38. The van der Waals surface area contributed by atoms with E-state index in [0.29, 0.717) is 31.0 Å². The number of guanidine groups is 1. The Labute approximate surface area is 170 Å². The lowest BCUT2D eigenvalue weighted by molar-refractivity contribution is 0.606. The van der Waals surface area contributed by atoms with Crippen molar-refractivity contribution in [2.24, 2.45) is 4.99 Å². The van der Waals surface area contributed by atoms with Gasteiger partial charge in [-0.15, -0.1) is 35.3 Å². The predicted octanol–water partition coefficient (Wildman–Crippen LogP) is 4.32. The summed E-state index contributed by atoms with van der Waals surface area (Å²) in [6, 6.07) is 6.86. The fraction of sp³-hybridized carbons (Fsp3) is 0.444. The van der Waals surface area contributed by atoms with E-state index in [0.717, 1.165) is 23.2 Å². The molecule has 0 radical (unpaired) electrons. The Morgan fingerprint density at radius 2 is 2.04 bits per heavy atom. The quantitative estimate of drug-likeness (QED) is 0.356. The second-order valence-electron chi connectivity index (χ2n) is 5.80. The molecule has 1 heterocycles. The Hall–Kier alpha value is -1.22. The van der Waals surface area contributed by atoms with Gasteiger partial charge >= 0.3 is 0 Å². The van der Waals surface area contributed by atoms with Crippen LogP contribution in [0.25, 0.3) is 0 Å². The summed E-state index contributed by atoms with van der Waals surface area (Å²) in [5.41, 5.74) is 1.69. The van der Waals surface area contributed by atoms with Gasteiger partial charge in [-0.1, -0.05) is 32.0 Å². The molecule has 1 aromatic carbocycles. The fourth-order valence-electron chi connectivity index (χ4n) is 2.18. The normalized spacial score (nSPS) is 11.3. The molecule has 4 nitrogen and oxygen atoms in total. The molecule has 0 unspecified atom stereocenters. The first-order valence-electron chi connectivity index (χ1n) is 8.30. The number of hydrogen-bond acceptors (Lipinski definition) is 3. The van der Waals surface area contributed by atoms with Gasteiger partial charge in [0, 0.05) is 24.4 Å². The van der Waals surface area contributed by atoms with Crippen LogP contribution in [-0.2, 0) is 13.0 Å². The van der Waals surface area contributed by atoms with Gasteiger partial charge in [0.25, 0.3) is 0 Å². The van der Waals surface area contributed by atoms with E-state index in [1.54, 1.807) is 17.4 Å². The largest absolute Gasteiger partial charge is 0.357 e. The molecule has 2 rings (SSSR count). The average molecular weight is 476 g/mol. The molecule has 2 aromatic rings. The van der Waals surface area contributed by atoms with Crippen molar-refractivity contribution in [2.75, 3.05) is 13.1 Å². The van der Waals surface area contributed by atoms with Crippen molar-refractivity contribution in [3.05, 3.63) is 51.7 Å². The van der Waals surface area contributed by atoms with E-state index in [1.165, 1.54) is 6.07 Å². The molecular formula is C18H26FIN4S. The van der Waals surface area contributed by atoms with Crippen LogP contribution >= 0.6 is 35.3 Å². The van der Waals surface area contributed by atoms with Crippen LogP contribution in [0.3, 0.4) is 0 Å². The van der Waals surface area contributed by atoms with Crippen LogP contribution in [0.4, 0.5) is 4.39 Å². The van der Waals surface area contributed by atoms with Crippen molar-refractivity contribution < 1.29 is 4.39 Å². The van der Waals surface area contributed by atoms with Crippen LogP contribution in [0.15, 0.2) is 34.6 Å². The topological polar surface area (TPSA) is 49.3 Å². The Balaban J connectivity index is 0.00000312. The van der Waals surface area contributed by atoms with Crippen LogP contribution in [-0.4, -0.2) is 24.0 Å². The average Bonchev–Trinajstić information content (AvgIpc) is 3.03. The van der Waals surface area contributed by atoms with E-state index in [9.17, 15) is 4.39 Å². The summed E-state index contributed by atoms with van der Waals surface area (Å²) in [5.74, 6) is 1.01. The third-order valence-electron chi connectivity index (χ3n) is 3.45. The number of aromatic nitrogens is 1. The maximum Gasteiger partial charge on any atom is 0.191 e. The second kappa shape index (κ2) is 11.4. The molecule has 0 fully saturated rings. The number of thiazole rings is 1. The van der Waals surface area contributed by atoms with Gasteiger partial charge in [0.2, 0.25) is 0 Å². The highest BCUT2D eigenvalue weighted by molar-refractivity contribution is 14.0. The van der Waals surface area contributed by atoms with Gasteiger partial charge in [0.15, 0.2) is 5.96 Å². The van der Waals surface area contributed by atoms with E-state index >= 15 is 0 Å². The number of benzene rings is 1. The van der Waals surface area contributed by atoms with Crippen LogP contribution < -0.4 is 10.6 Å². The number of hydrogen-bond donors (Lipinski definition) is 2. The van der Waals surface area contributed by atoms with E-state index in [1.807, 2.05) is 19.1 Å². The fourth-order valence-corrected chi connectivity index (χ4v) is 3.01. The monoisotopic (exact) mass is 476 g/mol. The lowest BCUT2D eigenvalue weighted by Gasteiger charge is -2.11. The number of nitrogens with zero attached hydrogens (tertiary/aromatic N) is 2. The molecule has 2 N–H and O–H groups in total. The SMILES string of the molecule is CCNC(=NCc1csc(C(C)C)n1)NCCc1ccccc1F.I. The van der Waals surface area contributed by atoms with Gasteiger partial charge in [0.1, 0.15) is 5.82 Å². The highest BCUT2D eigenvalue weighted by Crippen LogP contribution is 2.19. The molecule has 0 saturated heterocycles. The molecule has 0 bridgehead atoms. The van der Waals surface area contributed by atoms with Gasteiger partial charge in [-0.05, 0) is 25.0 Å². The summed E-state index contributed by atoms with van der Waals surface area (Å²) in [4.78, 5) is 9.14. The third kappa shape index (κ3) is 7.27. The maximum atomic E-state index is 13.6. The Morgan fingerprint density at radius 3 is 2.68 bits per heavy atom. The van der Waals surface area contributed by atoms with Crippen molar-refractivity contribution in [2.45, 2.75) is 39.7 Å². The molecule has 25 heavy (non-hydrogen) atoms. The number of nitrogens with one attached hydrogen (secondary N) is 2. The van der Waals surface area contributed by atoms with Crippen molar-refractivity contribution in [1.82, 2.24) is 15.6 Å². The van der Waals surface area contributed by atoms with Crippen molar-refractivity contribution in [3.63, 3.8) is 0 Å².